The number of benzene rings is 1. The predicted octanol–water partition coefficient (Wildman–Crippen LogP) is 2.96. The highest BCUT2D eigenvalue weighted by molar-refractivity contribution is 7.89. The van der Waals surface area contributed by atoms with Crippen molar-refractivity contribution < 1.29 is 26.0 Å². The summed E-state index contributed by atoms with van der Waals surface area (Å²) in [4.78, 5) is 2.81. The summed E-state index contributed by atoms with van der Waals surface area (Å²) in [6.45, 7) is 0. The summed E-state index contributed by atoms with van der Waals surface area (Å²) >= 11 is 0. The maximum absolute atomic E-state index is 14.4. The number of halogens is 4. The highest BCUT2D eigenvalue weighted by Gasteiger charge is 2.42. The molecule has 0 amide bonds. The zero-order chi connectivity index (χ0) is 20.6. The van der Waals surface area contributed by atoms with Gasteiger partial charge in [-0.05, 0) is 23.8 Å². The second kappa shape index (κ2) is 5.86. The molecule has 1 aromatic carbocycles. The fourth-order valence-corrected chi connectivity index (χ4v) is 5.22. The molecular formula is C18H12F4N4O2S. The number of aromatic nitrogens is 3. The number of hydrogen-bond donors (Lipinski definition) is 1. The van der Waals surface area contributed by atoms with Gasteiger partial charge in [-0.3, -0.25) is 10.3 Å². The molecule has 0 radical (unpaired) electrons. The molecule has 29 heavy (non-hydrogen) atoms. The number of fused-ring (bicyclic) bond motifs is 7. The van der Waals surface area contributed by atoms with Gasteiger partial charge in [-0.2, -0.15) is 30.8 Å². The SMILES string of the molecule is O=S(=O)(c1ccc(C(F)(F)F)nc1)n1ncc2c1CC1NC2c2c(F)cccc21. The topological polar surface area (TPSA) is 76.9 Å². The van der Waals surface area contributed by atoms with Crippen LogP contribution in [0.25, 0.3) is 0 Å². The second-order valence-corrected chi connectivity index (χ2v) is 8.64. The van der Waals surface area contributed by atoms with E-state index >= 15 is 0 Å². The summed E-state index contributed by atoms with van der Waals surface area (Å²) < 4.78 is 79.3. The van der Waals surface area contributed by atoms with Crippen LogP contribution in [-0.4, -0.2) is 22.6 Å². The Morgan fingerprint density at radius 2 is 1.90 bits per heavy atom. The number of hydrogen-bond acceptors (Lipinski definition) is 5. The molecule has 2 aliphatic heterocycles. The molecule has 2 unspecified atom stereocenters. The Bertz CT molecular complexity index is 1240. The van der Waals surface area contributed by atoms with E-state index in [2.05, 4.69) is 15.4 Å². The van der Waals surface area contributed by atoms with E-state index in [-0.39, 0.29) is 12.5 Å². The molecule has 0 spiro atoms. The molecule has 1 N–H and O–H groups in total. The lowest BCUT2D eigenvalue weighted by atomic mass is 10.00. The van der Waals surface area contributed by atoms with E-state index in [9.17, 15) is 26.0 Å². The average molecular weight is 424 g/mol. The lowest BCUT2D eigenvalue weighted by molar-refractivity contribution is -0.141. The number of nitrogens with zero attached hydrogens (tertiary/aromatic N) is 3. The van der Waals surface area contributed by atoms with Gasteiger partial charge in [-0.25, -0.2) is 4.39 Å². The maximum Gasteiger partial charge on any atom is 0.433 e. The van der Waals surface area contributed by atoms with Crippen molar-refractivity contribution in [3.63, 3.8) is 0 Å². The first-order valence-electron chi connectivity index (χ1n) is 8.58. The van der Waals surface area contributed by atoms with Crippen LogP contribution < -0.4 is 5.32 Å². The largest absolute Gasteiger partial charge is 0.433 e. The average Bonchev–Trinajstić information content (AvgIpc) is 3.23. The fourth-order valence-electron chi connectivity index (χ4n) is 3.96. The van der Waals surface area contributed by atoms with E-state index < -0.39 is 38.6 Å². The number of nitrogens with one attached hydrogen (secondary N) is 1. The Balaban J connectivity index is 1.58. The third-order valence-corrected chi connectivity index (χ3v) is 6.85. The van der Waals surface area contributed by atoms with Gasteiger partial charge in [0.15, 0.2) is 0 Å². The minimum Gasteiger partial charge on any atom is -0.299 e. The van der Waals surface area contributed by atoms with Crippen molar-refractivity contribution in [1.82, 2.24) is 19.5 Å². The van der Waals surface area contributed by atoms with E-state index in [1.807, 2.05) is 0 Å². The molecule has 2 atom stereocenters. The summed E-state index contributed by atoms with van der Waals surface area (Å²) in [6.07, 6.45) is -2.42. The standard InChI is InChI=1S/C18H12F4N4O2S/c19-12-3-1-2-10-13-6-14-11(17(25-13)16(10)12)8-24-26(14)29(27,28)9-4-5-15(23-7-9)18(20,21)22/h1-5,7-8,13,17,25H,6H2. The van der Waals surface area contributed by atoms with Crippen molar-refractivity contribution in [2.24, 2.45) is 0 Å². The van der Waals surface area contributed by atoms with Gasteiger partial charge in [0.2, 0.25) is 0 Å². The summed E-state index contributed by atoms with van der Waals surface area (Å²) in [5, 5.41) is 7.21. The number of pyridine rings is 1. The molecular weight excluding hydrogens is 412 g/mol. The van der Waals surface area contributed by atoms with Gasteiger partial charge < -0.3 is 0 Å². The van der Waals surface area contributed by atoms with Crippen molar-refractivity contribution in [1.29, 1.82) is 0 Å². The highest BCUT2D eigenvalue weighted by Crippen LogP contribution is 2.45. The first kappa shape index (κ1) is 18.3. The molecule has 4 heterocycles. The van der Waals surface area contributed by atoms with E-state index in [0.717, 1.165) is 15.7 Å². The van der Waals surface area contributed by atoms with Gasteiger partial charge in [-0.1, -0.05) is 12.1 Å². The van der Waals surface area contributed by atoms with Crippen molar-refractivity contribution in [3.05, 3.63) is 76.6 Å². The van der Waals surface area contributed by atoms with Crippen LogP contribution in [0.1, 0.15) is 40.2 Å². The van der Waals surface area contributed by atoms with Crippen LogP contribution >= 0.6 is 0 Å². The third-order valence-electron chi connectivity index (χ3n) is 5.25. The molecule has 5 rings (SSSR count). The van der Waals surface area contributed by atoms with Crippen LogP contribution in [0.2, 0.25) is 0 Å². The Morgan fingerprint density at radius 3 is 2.59 bits per heavy atom. The van der Waals surface area contributed by atoms with E-state index in [1.54, 1.807) is 12.1 Å². The third kappa shape index (κ3) is 2.60. The zero-order valence-electron chi connectivity index (χ0n) is 14.5. The highest BCUT2D eigenvalue weighted by atomic mass is 32.2. The Labute approximate surface area is 162 Å². The van der Waals surface area contributed by atoms with Crippen LogP contribution in [0.15, 0.2) is 47.6 Å². The second-order valence-electron chi connectivity index (χ2n) is 6.87. The molecule has 2 aliphatic rings. The van der Waals surface area contributed by atoms with Crippen LogP contribution in [0.3, 0.4) is 0 Å². The monoisotopic (exact) mass is 424 g/mol. The van der Waals surface area contributed by atoms with Gasteiger partial charge in [0, 0.05) is 29.8 Å². The molecule has 150 valence electrons. The van der Waals surface area contributed by atoms with Crippen LogP contribution in [0.5, 0.6) is 0 Å². The van der Waals surface area contributed by atoms with Gasteiger partial charge in [-0.15, -0.1) is 0 Å². The molecule has 11 heteroatoms. The molecule has 2 aromatic heterocycles. The number of rotatable bonds is 2. The van der Waals surface area contributed by atoms with Gasteiger partial charge in [0.1, 0.15) is 16.4 Å². The predicted molar refractivity (Wildman–Crippen MR) is 91.9 cm³/mol. The molecule has 3 aromatic rings. The van der Waals surface area contributed by atoms with Crippen LogP contribution in [0.4, 0.5) is 17.6 Å². The van der Waals surface area contributed by atoms with Gasteiger partial charge in [0.05, 0.1) is 17.9 Å². The van der Waals surface area contributed by atoms with Gasteiger partial charge >= 0.3 is 6.18 Å². The first-order chi connectivity index (χ1) is 13.7. The Hall–Kier alpha value is -2.79. The molecule has 2 bridgehead atoms. The van der Waals surface area contributed by atoms with Gasteiger partial charge in [0.25, 0.3) is 10.0 Å². The molecule has 0 saturated heterocycles. The summed E-state index contributed by atoms with van der Waals surface area (Å²) in [6, 6.07) is 5.37. The zero-order valence-corrected chi connectivity index (χ0v) is 15.3. The van der Waals surface area contributed by atoms with Crippen LogP contribution in [-0.2, 0) is 22.6 Å². The first-order valence-corrected chi connectivity index (χ1v) is 10.0. The minimum absolute atomic E-state index is 0.246. The molecule has 0 saturated carbocycles. The lowest BCUT2D eigenvalue weighted by Crippen LogP contribution is -2.29. The smallest absolute Gasteiger partial charge is 0.299 e. The molecule has 6 nitrogen and oxygen atoms in total. The minimum atomic E-state index is -4.67. The van der Waals surface area contributed by atoms with Crippen molar-refractivity contribution in [3.8, 4) is 0 Å². The number of alkyl halides is 3. The van der Waals surface area contributed by atoms with Crippen molar-refractivity contribution >= 4 is 10.0 Å². The summed E-state index contributed by atoms with van der Waals surface area (Å²) in [7, 11) is -4.26. The summed E-state index contributed by atoms with van der Waals surface area (Å²) in [5.74, 6) is -0.391. The van der Waals surface area contributed by atoms with E-state index in [0.29, 0.717) is 29.1 Å². The summed E-state index contributed by atoms with van der Waals surface area (Å²) in [5.41, 5.74) is 0.922. The maximum atomic E-state index is 14.4. The molecule has 0 fully saturated rings. The lowest BCUT2D eigenvalue weighted by Gasteiger charge is -2.23. The fraction of sp³-hybridized carbons (Fsp3) is 0.222. The van der Waals surface area contributed by atoms with E-state index in [4.69, 9.17) is 0 Å². The van der Waals surface area contributed by atoms with Crippen molar-refractivity contribution in [2.75, 3.05) is 0 Å². The molecule has 0 aliphatic carbocycles. The Kier molecular flexibility index (Phi) is 3.69. The quantitative estimate of drug-likeness (QED) is 0.641. The normalized spacial score (nSPS) is 20.4. The van der Waals surface area contributed by atoms with E-state index in [1.165, 1.54) is 12.3 Å². The Morgan fingerprint density at radius 1 is 1.10 bits per heavy atom. The van der Waals surface area contributed by atoms with Crippen molar-refractivity contribution in [2.45, 2.75) is 29.6 Å². The van der Waals surface area contributed by atoms with Crippen LogP contribution in [0, 0.1) is 5.82 Å².